The van der Waals surface area contributed by atoms with Gasteiger partial charge in [0.2, 0.25) is 0 Å². The Labute approximate surface area is 174 Å². The van der Waals surface area contributed by atoms with Gasteiger partial charge in [-0.3, -0.25) is 9.78 Å². The van der Waals surface area contributed by atoms with Crippen LogP contribution in [0.5, 0.6) is 0 Å². The Morgan fingerprint density at radius 2 is 1.69 bits per heavy atom. The molecule has 29 heavy (non-hydrogen) atoms. The van der Waals surface area contributed by atoms with Crippen molar-refractivity contribution in [2.24, 2.45) is 0 Å². The van der Waals surface area contributed by atoms with Gasteiger partial charge in [0, 0.05) is 29.4 Å². The fourth-order valence-corrected chi connectivity index (χ4v) is 3.69. The monoisotopic (exact) mass is 397 g/mol. The molecule has 0 aliphatic heterocycles. The van der Waals surface area contributed by atoms with Crippen LogP contribution < -0.4 is 5.32 Å². The van der Waals surface area contributed by atoms with Gasteiger partial charge < -0.3 is 5.32 Å². The molecular formula is C24H19N3OS. The lowest BCUT2D eigenvalue weighted by Gasteiger charge is -2.09. The van der Waals surface area contributed by atoms with Crippen LogP contribution in [0.1, 0.15) is 15.9 Å². The van der Waals surface area contributed by atoms with Gasteiger partial charge in [-0.1, -0.05) is 54.6 Å². The predicted molar refractivity (Wildman–Crippen MR) is 118 cm³/mol. The summed E-state index contributed by atoms with van der Waals surface area (Å²) in [5.41, 5.74) is 4.65. The molecule has 1 amide bonds. The topological polar surface area (TPSA) is 54.9 Å². The summed E-state index contributed by atoms with van der Waals surface area (Å²) in [6.45, 7) is 0. The lowest BCUT2D eigenvalue weighted by Crippen LogP contribution is -2.12. The second-order valence-corrected chi connectivity index (χ2v) is 7.43. The first-order valence-electron chi connectivity index (χ1n) is 9.22. The Balaban J connectivity index is 1.45. The van der Waals surface area contributed by atoms with Gasteiger partial charge in [-0.2, -0.15) is 0 Å². The van der Waals surface area contributed by atoms with Crippen molar-refractivity contribution < 1.29 is 4.79 Å². The van der Waals surface area contributed by atoms with Gasteiger partial charge in [-0.05, 0) is 41.0 Å². The van der Waals surface area contributed by atoms with Crippen molar-refractivity contribution in [1.82, 2.24) is 9.97 Å². The number of rotatable bonds is 6. The second kappa shape index (κ2) is 9.17. The minimum Gasteiger partial charge on any atom is -0.322 e. The molecule has 0 bridgehead atoms. The van der Waals surface area contributed by atoms with Crippen LogP contribution in [0.3, 0.4) is 0 Å². The van der Waals surface area contributed by atoms with Gasteiger partial charge in [0.25, 0.3) is 5.91 Å². The number of nitrogens with zero attached hydrogens (tertiary/aromatic N) is 2. The summed E-state index contributed by atoms with van der Waals surface area (Å²) in [5, 5.41) is 3.86. The van der Waals surface area contributed by atoms with Crippen molar-refractivity contribution in [2.75, 3.05) is 5.32 Å². The molecule has 5 heteroatoms. The van der Waals surface area contributed by atoms with E-state index in [0.717, 1.165) is 33.2 Å². The molecule has 0 aliphatic rings. The van der Waals surface area contributed by atoms with Crippen LogP contribution in [0.25, 0.3) is 11.1 Å². The Hall–Kier alpha value is -3.44. The zero-order valence-corrected chi connectivity index (χ0v) is 16.5. The van der Waals surface area contributed by atoms with E-state index < -0.39 is 0 Å². The molecule has 4 nitrogen and oxygen atoms in total. The van der Waals surface area contributed by atoms with Crippen LogP contribution in [0.15, 0.2) is 102 Å². The first kappa shape index (κ1) is 18.9. The molecule has 3 aromatic carbocycles. The molecule has 0 unspecified atom stereocenters. The minimum atomic E-state index is -0.124. The van der Waals surface area contributed by atoms with Gasteiger partial charge in [-0.25, -0.2) is 4.98 Å². The maximum absolute atomic E-state index is 12.7. The average molecular weight is 398 g/mol. The molecule has 1 aromatic heterocycles. The maximum Gasteiger partial charge on any atom is 0.255 e. The van der Waals surface area contributed by atoms with Crippen LogP contribution in [0.4, 0.5) is 5.69 Å². The predicted octanol–water partition coefficient (Wildman–Crippen LogP) is 5.69. The maximum atomic E-state index is 12.7. The number of hydrogen-bond acceptors (Lipinski definition) is 4. The van der Waals surface area contributed by atoms with Crippen molar-refractivity contribution in [3.8, 4) is 11.1 Å². The van der Waals surface area contributed by atoms with Crippen LogP contribution >= 0.6 is 11.8 Å². The van der Waals surface area contributed by atoms with Crippen molar-refractivity contribution in [3.63, 3.8) is 0 Å². The SMILES string of the molecule is O=C(Nc1cccc(-c2ccccc2)c1)c1cccc(CSc2cnccn2)c1. The number of benzene rings is 3. The molecule has 142 valence electrons. The van der Waals surface area contributed by atoms with Crippen LogP contribution in [-0.4, -0.2) is 15.9 Å². The lowest BCUT2D eigenvalue weighted by atomic mass is 10.1. The molecule has 0 spiro atoms. The second-order valence-electron chi connectivity index (χ2n) is 6.43. The van der Waals surface area contributed by atoms with E-state index in [1.807, 2.05) is 66.7 Å². The van der Waals surface area contributed by atoms with Crippen LogP contribution in [-0.2, 0) is 5.75 Å². The van der Waals surface area contributed by atoms with Crippen LogP contribution in [0.2, 0.25) is 0 Å². The summed E-state index contributed by atoms with van der Waals surface area (Å²) < 4.78 is 0. The fourth-order valence-electron chi connectivity index (χ4n) is 2.93. The quantitative estimate of drug-likeness (QED) is 0.425. The van der Waals surface area contributed by atoms with E-state index in [1.165, 1.54) is 0 Å². The van der Waals surface area contributed by atoms with Crippen molar-refractivity contribution in [3.05, 3.63) is 109 Å². The highest BCUT2D eigenvalue weighted by atomic mass is 32.2. The third-order valence-electron chi connectivity index (χ3n) is 4.34. The summed E-state index contributed by atoms with van der Waals surface area (Å²) in [6.07, 6.45) is 5.07. The van der Waals surface area contributed by atoms with Crippen molar-refractivity contribution in [2.45, 2.75) is 10.8 Å². The number of amides is 1. The number of hydrogen-bond donors (Lipinski definition) is 1. The molecule has 4 aromatic rings. The van der Waals surface area contributed by atoms with E-state index >= 15 is 0 Å². The smallest absolute Gasteiger partial charge is 0.255 e. The third kappa shape index (κ3) is 5.09. The summed E-state index contributed by atoms with van der Waals surface area (Å²) in [7, 11) is 0. The summed E-state index contributed by atoms with van der Waals surface area (Å²) in [4.78, 5) is 21.1. The molecular weight excluding hydrogens is 378 g/mol. The number of thioether (sulfide) groups is 1. The summed E-state index contributed by atoms with van der Waals surface area (Å²) in [5.74, 6) is 0.602. The van der Waals surface area contributed by atoms with Gasteiger partial charge in [-0.15, -0.1) is 11.8 Å². The normalized spacial score (nSPS) is 10.5. The largest absolute Gasteiger partial charge is 0.322 e. The molecule has 0 radical (unpaired) electrons. The lowest BCUT2D eigenvalue weighted by molar-refractivity contribution is 0.102. The third-order valence-corrected chi connectivity index (χ3v) is 5.33. The van der Waals surface area contributed by atoms with Gasteiger partial charge in [0.15, 0.2) is 0 Å². The first-order valence-corrected chi connectivity index (χ1v) is 10.2. The first-order chi connectivity index (χ1) is 14.3. The highest BCUT2D eigenvalue weighted by Crippen LogP contribution is 2.23. The number of carbonyl (C=O) groups excluding carboxylic acids is 1. The number of carbonyl (C=O) groups is 1. The molecule has 1 heterocycles. The highest BCUT2D eigenvalue weighted by Gasteiger charge is 2.08. The molecule has 0 atom stereocenters. The molecule has 4 rings (SSSR count). The molecule has 0 aliphatic carbocycles. The standard InChI is InChI=1S/C24H19N3OS/c28-24(27-22-11-5-9-20(15-22)19-7-2-1-3-8-19)21-10-4-6-18(14-21)17-29-23-16-25-12-13-26-23/h1-16H,17H2,(H,27,28). The molecule has 0 saturated carbocycles. The fraction of sp³-hybridized carbons (Fsp3) is 0.0417. The van der Waals surface area contributed by atoms with Crippen molar-refractivity contribution >= 4 is 23.4 Å². The minimum absolute atomic E-state index is 0.124. The zero-order chi connectivity index (χ0) is 19.9. The van der Waals surface area contributed by atoms with Crippen molar-refractivity contribution in [1.29, 1.82) is 0 Å². The molecule has 1 N–H and O–H groups in total. The van der Waals surface area contributed by atoms with Gasteiger partial charge in [0.1, 0.15) is 5.03 Å². The number of anilines is 1. The van der Waals surface area contributed by atoms with E-state index in [-0.39, 0.29) is 5.91 Å². The Morgan fingerprint density at radius 3 is 2.52 bits per heavy atom. The van der Waals surface area contributed by atoms with E-state index in [9.17, 15) is 4.79 Å². The molecule has 0 fully saturated rings. The highest BCUT2D eigenvalue weighted by molar-refractivity contribution is 7.98. The van der Waals surface area contributed by atoms with Gasteiger partial charge >= 0.3 is 0 Å². The van der Waals surface area contributed by atoms with E-state index in [1.54, 1.807) is 30.4 Å². The Kier molecular flexibility index (Phi) is 5.98. The van der Waals surface area contributed by atoms with Crippen LogP contribution in [0, 0.1) is 0 Å². The van der Waals surface area contributed by atoms with E-state index in [2.05, 4.69) is 27.4 Å². The summed E-state index contributed by atoms with van der Waals surface area (Å²) in [6, 6.07) is 25.6. The van der Waals surface area contributed by atoms with Gasteiger partial charge in [0.05, 0.1) is 6.20 Å². The average Bonchev–Trinajstić information content (AvgIpc) is 2.79. The van der Waals surface area contributed by atoms with E-state index in [0.29, 0.717) is 5.56 Å². The number of nitrogens with one attached hydrogen (secondary N) is 1. The summed E-state index contributed by atoms with van der Waals surface area (Å²) >= 11 is 1.59. The number of aromatic nitrogens is 2. The zero-order valence-electron chi connectivity index (χ0n) is 15.7. The Bertz CT molecular complexity index is 1100. The van der Waals surface area contributed by atoms with E-state index in [4.69, 9.17) is 0 Å². The molecule has 0 saturated heterocycles. The Morgan fingerprint density at radius 1 is 0.862 bits per heavy atom.